The molecule has 0 saturated heterocycles. The Bertz CT molecular complexity index is 596. The summed E-state index contributed by atoms with van der Waals surface area (Å²) in [6.45, 7) is 2.74. The van der Waals surface area contributed by atoms with Gasteiger partial charge in [-0.1, -0.05) is 0 Å². The zero-order chi connectivity index (χ0) is 13.2. The van der Waals surface area contributed by atoms with E-state index in [1.165, 1.54) is 5.56 Å². The largest absolute Gasteiger partial charge is 0.493 e. The van der Waals surface area contributed by atoms with Crippen LogP contribution in [0.25, 0.3) is 11.3 Å². The lowest BCUT2D eigenvalue weighted by Crippen LogP contribution is -2.19. The molecule has 98 valence electrons. The van der Waals surface area contributed by atoms with E-state index < -0.39 is 0 Å². The predicted molar refractivity (Wildman–Crippen MR) is 74.0 cm³/mol. The zero-order valence-corrected chi connectivity index (χ0v) is 11.0. The number of hydrogen-bond acceptors (Lipinski definition) is 4. The number of nitrogens with zero attached hydrogens (tertiary/aromatic N) is 2. The highest BCUT2D eigenvalue weighted by atomic mass is 16.5. The molecule has 19 heavy (non-hydrogen) atoms. The second-order valence-corrected chi connectivity index (χ2v) is 4.96. The van der Waals surface area contributed by atoms with Crippen LogP contribution in [0.2, 0.25) is 0 Å². The van der Waals surface area contributed by atoms with Crippen LogP contribution in [-0.2, 0) is 12.8 Å². The lowest BCUT2D eigenvalue weighted by molar-refractivity contribution is 0.357. The zero-order valence-electron chi connectivity index (χ0n) is 11.0. The van der Waals surface area contributed by atoms with Crippen molar-refractivity contribution < 1.29 is 4.74 Å². The van der Waals surface area contributed by atoms with Gasteiger partial charge in [0.2, 0.25) is 0 Å². The van der Waals surface area contributed by atoms with Crippen molar-refractivity contribution in [1.82, 2.24) is 9.97 Å². The van der Waals surface area contributed by atoms with Crippen molar-refractivity contribution in [3.8, 4) is 17.0 Å². The molecule has 1 aromatic heterocycles. The predicted octanol–water partition coefficient (Wildman–Crippen LogP) is 1.97. The van der Waals surface area contributed by atoms with Gasteiger partial charge in [-0.2, -0.15) is 0 Å². The third-order valence-electron chi connectivity index (χ3n) is 3.20. The van der Waals surface area contributed by atoms with Crippen molar-refractivity contribution in [2.45, 2.75) is 25.8 Å². The lowest BCUT2D eigenvalue weighted by atomic mass is 10.1. The van der Waals surface area contributed by atoms with Gasteiger partial charge < -0.3 is 10.5 Å². The summed E-state index contributed by atoms with van der Waals surface area (Å²) >= 11 is 0. The van der Waals surface area contributed by atoms with Crippen LogP contribution in [0.4, 0.5) is 0 Å². The molecule has 1 aliphatic heterocycles. The minimum atomic E-state index is 0.0728. The maximum Gasteiger partial charge on any atom is 0.130 e. The lowest BCUT2D eigenvalue weighted by Gasteiger charge is -2.07. The fourth-order valence-corrected chi connectivity index (χ4v) is 2.29. The van der Waals surface area contributed by atoms with Gasteiger partial charge in [-0.25, -0.2) is 9.97 Å². The minimum Gasteiger partial charge on any atom is -0.493 e. The van der Waals surface area contributed by atoms with Gasteiger partial charge in [0.05, 0.1) is 12.3 Å². The Labute approximate surface area is 112 Å². The highest BCUT2D eigenvalue weighted by Crippen LogP contribution is 2.29. The topological polar surface area (TPSA) is 61.0 Å². The summed E-state index contributed by atoms with van der Waals surface area (Å²) in [5.74, 6) is 1.79. The molecule has 0 bridgehead atoms. The molecule has 1 aliphatic rings. The Morgan fingerprint density at radius 3 is 3.11 bits per heavy atom. The Morgan fingerprint density at radius 1 is 1.37 bits per heavy atom. The van der Waals surface area contributed by atoms with Crippen molar-refractivity contribution >= 4 is 0 Å². The average Bonchev–Trinajstić information content (AvgIpc) is 2.85. The van der Waals surface area contributed by atoms with Crippen LogP contribution >= 0.6 is 0 Å². The standard InChI is InChI=1S/C15H17N3O/c1-10(16)8-15-17-6-4-13(18-15)11-2-3-14-12(9-11)5-7-19-14/h2-4,6,9-10H,5,7-8,16H2,1H3. The van der Waals surface area contributed by atoms with Crippen molar-refractivity contribution in [3.63, 3.8) is 0 Å². The van der Waals surface area contributed by atoms with Gasteiger partial charge in [-0.15, -0.1) is 0 Å². The first-order valence-electron chi connectivity index (χ1n) is 6.56. The fourth-order valence-electron chi connectivity index (χ4n) is 2.29. The molecule has 0 amide bonds. The second-order valence-electron chi connectivity index (χ2n) is 4.96. The number of ether oxygens (including phenoxy) is 1. The summed E-state index contributed by atoms with van der Waals surface area (Å²) in [7, 11) is 0. The molecular weight excluding hydrogens is 238 g/mol. The molecule has 0 saturated carbocycles. The number of benzene rings is 1. The molecule has 2 N–H and O–H groups in total. The third-order valence-corrected chi connectivity index (χ3v) is 3.20. The molecule has 2 heterocycles. The summed E-state index contributed by atoms with van der Waals surface area (Å²) in [5, 5.41) is 0. The van der Waals surface area contributed by atoms with E-state index in [4.69, 9.17) is 10.5 Å². The molecule has 1 atom stereocenters. The minimum absolute atomic E-state index is 0.0728. The first-order valence-corrected chi connectivity index (χ1v) is 6.56. The first kappa shape index (κ1) is 12.1. The molecule has 0 aliphatic carbocycles. The van der Waals surface area contributed by atoms with Crippen LogP contribution in [0.15, 0.2) is 30.5 Å². The monoisotopic (exact) mass is 255 g/mol. The van der Waals surface area contributed by atoms with Gasteiger partial charge in [0, 0.05) is 30.6 Å². The Hall–Kier alpha value is -1.94. The molecule has 0 spiro atoms. The quantitative estimate of drug-likeness (QED) is 0.910. The van der Waals surface area contributed by atoms with E-state index in [-0.39, 0.29) is 6.04 Å². The summed E-state index contributed by atoms with van der Waals surface area (Å²) in [5.41, 5.74) is 9.10. The number of fused-ring (bicyclic) bond motifs is 1. The molecular formula is C15H17N3O. The molecule has 0 radical (unpaired) electrons. The van der Waals surface area contributed by atoms with Crippen molar-refractivity contribution in [2.24, 2.45) is 5.73 Å². The molecule has 2 aromatic rings. The van der Waals surface area contributed by atoms with Crippen LogP contribution in [0, 0.1) is 0 Å². The highest BCUT2D eigenvalue weighted by Gasteiger charge is 2.13. The maximum atomic E-state index is 5.79. The number of nitrogens with two attached hydrogens (primary N) is 1. The fraction of sp³-hybridized carbons (Fsp3) is 0.333. The number of aromatic nitrogens is 2. The molecule has 1 aromatic carbocycles. The van der Waals surface area contributed by atoms with Crippen molar-refractivity contribution in [2.75, 3.05) is 6.61 Å². The van der Waals surface area contributed by atoms with E-state index in [0.717, 1.165) is 35.9 Å². The van der Waals surface area contributed by atoms with E-state index in [9.17, 15) is 0 Å². The smallest absolute Gasteiger partial charge is 0.130 e. The normalized spacial score (nSPS) is 14.8. The Morgan fingerprint density at radius 2 is 2.26 bits per heavy atom. The average molecular weight is 255 g/mol. The van der Waals surface area contributed by atoms with Gasteiger partial charge >= 0.3 is 0 Å². The molecule has 3 rings (SSSR count). The molecule has 1 unspecified atom stereocenters. The van der Waals surface area contributed by atoms with Gasteiger partial charge in [0.25, 0.3) is 0 Å². The number of rotatable bonds is 3. The van der Waals surface area contributed by atoms with Crippen molar-refractivity contribution in [1.29, 1.82) is 0 Å². The SMILES string of the molecule is CC(N)Cc1nccc(-c2ccc3c(c2)CCO3)n1. The van der Waals surface area contributed by atoms with E-state index in [1.54, 1.807) is 6.20 Å². The van der Waals surface area contributed by atoms with Gasteiger partial charge in [0.15, 0.2) is 0 Å². The van der Waals surface area contributed by atoms with Gasteiger partial charge in [0.1, 0.15) is 11.6 Å². The van der Waals surface area contributed by atoms with Crippen LogP contribution in [0.1, 0.15) is 18.3 Å². The summed E-state index contributed by atoms with van der Waals surface area (Å²) < 4.78 is 5.52. The van der Waals surface area contributed by atoms with Crippen LogP contribution < -0.4 is 10.5 Å². The van der Waals surface area contributed by atoms with E-state index >= 15 is 0 Å². The van der Waals surface area contributed by atoms with Gasteiger partial charge in [-0.3, -0.25) is 0 Å². The second kappa shape index (κ2) is 4.97. The molecule has 4 heteroatoms. The Balaban J connectivity index is 1.93. The first-order chi connectivity index (χ1) is 9.22. The van der Waals surface area contributed by atoms with Crippen molar-refractivity contribution in [3.05, 3.63) is 41.9 Å². The Kier molecular flexibility index (Phi) is 3.17. The maximum absolute atomic E-state index is 5.79. The van der Waals surface area contributed by atoms with E-state index in [0.29, 0.717) is 6.42 Å². The third kappa shape index (κ3) is 2.58. The molecule has 4 nitrogen and oxygen atoms in total. The van der Waals surface area contributed by atoms with Gasteiger partial charge in [-0.05, 0) is 36.8 Å². The van der Waals surface area contributed by atoms with E-state index in [1.807, 2.05) is 25.1 Å². The van der Waals surface area contributed by atoms with E-state index in [2.05, 4.69) is 16.0 Å². The highest BCUT2D eigenvalue weighted by molar-refractivity contribution is 5.62. The van der Waals surface area contributed by atoms with Crippen LogP contribution in [0.3, 0.4) is 0 Å². The summed E-state index contributed by atoms with van der Waals surface area (Å²) in [4.78, 5) is 8.84. The van der Waals surface area contributed by atoms with Crippen LogP contribution in [0.5, 0.6) is 5.75 Å². The van der Waals surface area contributed by atoms with Crippen LogP contribution in [-0.4, -0.2) is 22.6 Å². The molecule has 0 fully saturated rings. The summed E-state index contributed by atoms with van der Waals surface area (Å²) in [6, 6.07) is 8.22. The summed E-state index contributed by atoms with van der Waals surface area (Å²) in [6.07, 6.45) is 3.46. The number of hydrogen-bond donors (Lipinski definition) is 1.